The smallest absolute Gasteiger partial charge is 0.161 e. The maximum atomic E-state index is 10.3. The van der Waals surface area contributed by atoms with Crippen molar-refractivity contribution < 1.29 is 19.7 Å². The quantitative estimate of drug-likeness (QED) is 0.762. The van der Waals surface area contributed by atoms with Crippen molar-refractivity contribution in [3.63, 3.8) is 0 Å². The Hall–Kier alpha value is -1.30. The molecule has 0 bridgehead atoms. The van der Waals surface area contributed by atoms with E-state index in [-0.39, 0.29) is 6.61 Å². The van der Waals surface area contributed by atoms with Crippen molar-refractivity contribution in [2.24, 2.45) is 5.92 Å². The van der Waals surface area contributed by atoms with Gasteiger partial charge in [-0.2, -0.15) is 0 Å². The standard InChI is InChI=1S/C16H23NO4/c18-10-12-2-1-3-13(12)17-9-14(19)11-4-5-15-16(8-11)21-7-6-20-15/h4-5,8,12-14,17-19H,1-3,6-7,9-10H2. The lowest BCUT2D eigenvalue weighted by atomic mass is 10.0. The topological polar surface area (TPSA) is 71.0 Å². The zero-order valence-corrected chi connectivity index (χ0v) is 12.1. The van der Waals surface area contributed by atoms with Crippen LogP contribution in [0.1, 0.15) is 30.9 Å². The highest BCUT2D eigenvalue weighted by Gasteiger charge is 2.26. The molecule has 0 amide bonds. The van der Waals surface area contributed by atoms with Crippen LogP contribution in [0.25, 0.3) is 0 Å². The number of benzene rings is 1. The van der Waals surface area contributed by atoms with Gasteiger partial charge in [-0.1, -0.05) is 12.5 Å². The number of aliphatic hydroxyl groups is 2. The molecule has 1 fully saturated rings. The van der Waals surface area contributed by atoms with E-state index in [9.17, 15) is 10.2 Å². The summed E-state index contributed by atoms with van der Waals surface area (Å²) in [6, 6.07) is 5.87. The van der Waals surface area contributed by atoms with E-state index >= 15 is 0 Å². The number of rotatable bonds is 5. The largest absolute Gasteiger partial charge is 0.486 e. The molecule has 5 heteroatoms. The van der Waals surface area contributed by atoms with Gasteiger partial charge in [-0.25, -0.2) is 0 Å². The monoisotopic (exact) mass is 293 g/mol. The zero-order valence-electron chi connectivity index (χ0n) is 12.1. The van der Waals surface area contributed by atoms with E-state index in [4.69, 9.17) is 9.47 Å². The lowest BCUT2D eigenvalue weighted by Gasteiger charge is -2.23. The molecule has 1 heterocycles. The third kappa shape index (κ3) is 3.31. The summed E-state index contributed by atoms with van der Waals surface area (Å²) in [5.74, 6) is 1.76. The van der Waals surface area contributed by atoms with E-state index in [0.29, 0.717) is 37.5 Å². The molecule has 3 N–H and O–H groups in total. The lowest BCUT2D eigenvalue weighted by Crippen LogP contribution is -2.36. The van der Waals surface area contributed by atoms with Crippen LogP contribution in [-0.2, 0) is 0 Å². The first-order valence-corrected chi connectivity index (χ1v) is 7.70. The van der Waals surface area contributed by atoms with Crippen LogP contribution in [0, 0.1) is 5.92 Å². The normalized spacial score (nSPS) is 25.8. The molecule has 0 radical (unpaired) electrons. The highest BCUT2D eigenvalue weighted by atomic mass is 16.6. The second-order valence-corrected chi connectivity index (χ2v) is 5.81. The van der Waals surface area contributed by atoms with Gasteiger partial charge < -0.3 is 25.0 Å². The highest BCUT2D eigenvalue weighted by molar-refractivity contribution is 5.44. The molecule has 116 valence electrons. The van der Waals surface area contributed by atoms with Gasteiger partial charge in [0.25, 0.3) is 0 Å². The summed E-state index contributed by atoms with van der Waals surface area (Å²) >= 11 is 0. The highest BCUT2D eigenvalue weighted by Crippen LogP contribution is 2.32. The molecule has 21 heavy (non-hydrogen) atoms. The van der Waals surface area contributed by atoms with Crippen molar-refractivity contribution in [3.8, 4) is 11.5 Å². The number of ether oxygens (including phenoxy) is 2. The fraction of sp³-hybridized carbons (Fsp3) is 0.625. The SMILES string of the molecule is OCC1CCCC1NCC(O)c1ccc2c(c1)OCCO2. The first-order chi connectivity index (χ1) is 10.3. The first-order valence-electron chi connectivity index (χ1n) is 7.70. The summed E-state index contributed by atoms with van der Waals surface area (Å²) in [7, 11) is 0. The molecule has 2 aliphatic rings. The lowest BCUT2D eigenvalue weighted by molar-refractivity contribution is 0.151. The van der Waals surface area contributed by atoms with Crippen LogP contribution >= 0.6 is 0 Å². The Balaban J connectivity index is 1.59. The molecule has 0 spiro atoms. The van der Waals surface area contributed by atoms with Crippen molar-refractivity contribution in [3.05, 3.63) is 23.8 Å². The summed E-state index contributed by atoms with van der Waals surface area (Å²) < 4.78 is 11.0. The van der Waals surface area contributed by atoms with Gasteiger partial charge in [-0.05, 0) is 36.5 Å². The van der Waals surface area contributed by atoms with E-state index in [0.717, 1.165) is 30.6 Å². The van der Waals surface area contributed by atoms with Crippen molar-refractivity contribution in [1.29, 1.82) is 0 Å². The second-order valence-electron chi connectivity index (χ2n) is 5.81. The van der Waals surface area contributed by atoms with E-state index in [2.05, 4.69) is 5.32 Å². The van der Waals surface area contributed by atoms with E-state index in [1.54, 1.807) is 0 Å². The molecule has 3 atom stereocenters. The molecular weight excluding hydrogens is 270 g/mol. The van der Waals surface area contributed by atoms with Crippen LogP contribution in [0.4, 0.5) is 0 Å². The molecule has 3 unspecified atom stereocenters. The second kappa shape index (κ2) is 6.64. The molecule has 0 saturated heterocycles. The molecule has 5 nitrogen and oxygen atoms in total. The van der Waals surface area contributed by atoms with Crippen LogP contribution in [-0.4, -0.2) is 42.6 Å². The number of hydrogen-bond donors (Lipinski definition) is 3. The van der Waals surface area contributed by atoms with Crippen molar-refractivity contribution in [1.82, 2.24) is 5.32 Å². The Kier molecular flexibility index (Phi) is 4.63. The van der Waals surface area contributed by atoms with Gasteiger partial charge in [-0.3, -0.25) is 0 Å². The Morgan fingerprint density at radius 3 is 2.81 bits per heavy atom. The van der Waals surface area contributed by atoms with Gasteiger partial charge in [0.1, 0.15) is 13.2 Å². The predicted octanol–water partition coefficient (Wildman–Crippen LogP) is 1.24. The number of hydrogen-bond acceptors (Lipinski definition) is 5. The molecule has 1 saturated carbocycles. The van der Waals surface area contributed by atoms with Crippen molar-refractivity contribution in [2.75, 3.05) is 26.4 Å². The molecule has 1 aliphatic carbocycles. The molecule has 1 aromatic carbocycles. The fourth-order valence-electron chi connectivity index (χ4n) is 3.17. The van der Waals surface area contributed by atoms with Gasteiger partial charge in [0, 0.05) is 19.2 Å². The van der Waals surface area contributed by atoms with Gasteiger partial charge in [-0.15, -0.1) is 0 Å². The average molecular weight is 293 g/mol. The average Bonchev–Trinajstić information content (AvgIpc) is 2.99. The fourth-order valence-corrected chi connectivity index (χ4v) is 3.17. The minimum Gasteiger partial charge on any atom is -0.486 e. The van der Waals surface area contributed by atoms with Gasteiger partial charge >= 0.3 is 0 Å². The summed E-state index contributed by atoms with van der Waals surface area (Å²) in [4.78, 5) is 0. The van der Waals surface area contributed by atoms with Crippen LogP contribution in [0.2, 0.25) is 0 Å². The molecule has 1 aliphatic heterocycles. The number of fused-ring (bicyclic) bond motifs is 1. The Morgan fingerprint density at radius 2 is 2.00 bits per heavy atom. The van der Waals surface area contributed by atoms with Crippen LogP contribution in [0.3, 0.4) is 0 Å². The predicted molar refractivity (Wildman–Crippen MR) is 78.6 cm³/mol. The summed E-state index contributed by atoms with van der Waals surface area (Å²) in [6.07, 6.45) is 2.69. The Bertz CT molecular complexity index is 479. The van der Waals surface area contributed by atoms with Crippen LogP contribution in [0.15, 0.2) is 18.2 Å². The minimum atomic E-state index is -0.583. The van der Waals surface area contributed by atoms with Crippen molar-refractivity contribution >= 4 is 0 Å². The first kappa shape index (κ1) is 14.6. The van der Waals surface area contributed by atoms with Crippen molar-refractivity contribution in [2.45, 2.75) is 31.4 Å². The molecule has 3 rings (SSSR count). The maximum Gasteiger partial charge on any atom is 0.161 e. The third-order valence-corrected chi connectivity index (χ3v) is 4.42. The molecular formula is C16H23NO4. The number of nitrogens with one attached hydrogen (secondary N) is 1. The third-order valence-electron chi connectivity index (χ3n) is 4.42. The summed E-state index contributed by atoms with van der Waals surface area (Å²) in [5.41, 5.74) is 0.824. The summed E-state index contributed by atoms with van der Waals surface area (Å²) in [6.45, 7) is 1.82. The van der Waals surface area contributed by atoms with Crippen LogP contribution < -0.4 is 14.8 Å². The van der Waals surface area contributed by atoms with Gasteiger partial charge in [0.2, 0.25) is 0 Å². The van der Waals surface area contributed by atoms with Gasteiger partial charge in [0.05, 0.1) is 6.10 Å². The summed E-state index contributed by atoms with van der Waals surface area (Å²) in [5, 5.41) is 23.0. The van der Waals surface area contributed by atoms with Crippen LogP contribution in [0.5, 0.6) is 11.5 Å². The van der Waals surface area contributed by atoms with E-state index in [1.165, 1.54) is 0 Å². The number of aliphatic hydroxyl groups excluding tert-OH is 2. The Morgan fingerprint density at radius 1 is 1.19 bits per heavy atom. The molecule has 1 aromatic rings. The maximum absolute atomic E-state index is 10.3. The zero-order chi connectivity index (χ0) is 14.7. The van der Waals surface area contributed by atoms with Gasteiger partial charge in [0.15, 0.2) is 11.5 Å². The minimum absolute atomic E-state index is 0.220. The molecule has 0 aromatic heterocycles. The van der Waals surface area contributed by atoms with E-state index < -0.39 is 6.10 Å². The Labute approximate surface area is 124 Å². The van der Waals surface area contributed by atoms with E-state index in [1.807, 2.05) is 18.2 Å².